The lowest BCUT2D eigenvalue weighted by Gasteiger charge is -2.16. The highest BCUT2D eigenvalue weighted by atomic mass is 32.3. The van der Waals surface area contributed by atoms with Crippen LogP contribution in [0, 0.1) is 0 Å². The Hall–Kier alpha value is -1.22. The van der Waals surface area contributed by atoms with Gasteiger partial charge >= 0.3 is 16.2 Å². The molecule has 1 rings (SSSR count). The molecule has 1 fully saturated rings. The molecule has 19 heavy (non-hydrogen) atoms. The van der Waals surface area contributed by atoms with E-state index in [1.54, 1.807) is 0 Å². The number of hydrogen-bond donors (Lipinski definition) is 2. The summed E-state index contributed by atoms with van der Waals surface area (Å²) in [5.74, 6) is -1.48. The van der Waals surface area contributed by atoms with Crippen LogP contribution in [0.25, 0.3) is 0 Å². The van der Waals surface area contributed by atoms with Gasteiger partial charge in [-0.1, -0.05) is 0 Å². The smallest absolute Gasteiger partial charge is 0.320 e. The van der Waals surface area contributed by atoms with Gasteiger partial charge in [-0.2, -0.15) is 8.42 Å². The number of unbranched alkanes of at least 4 members (excludes halogenated alkanes) is 1. The Balaban J connectivity index is 2.31. The number of carboxylic acid groups (broad SMARTS) is 1. The number of likely N-dealkylation sites (tertiary alicyclic amines) is 1. The van der Waals surface area contributed by atoms with Crippen LogP contribution in [0.15, 0.2) is 0 Å². The number of carbonyl (C=O) groups excluding carboxylic acids is 1. The lowest BCUT2D eigenvalue weighted by Crippen LogP contribution is -2.31. The van der Waals surface area contributed by atoms with Crippen molar-refractivity contribution in [1.82, 2.24) is 4.90 Å². The zero-order valence-corrected chi connectivity index (χ0v) is 11.1. The number of aliphatic carboxylic acids is 1. The SMILES string of the molecule is NC(CCCCN1CC(S(=O)(=O)F)CC1=O)C(=O)O. The molecule has 7 nitrogen and oxygen atoms in total. The summed E-state index contributed by atoms with van der Waals surface area (Å²) in [5, 5.41) is 7.28. The van der Waals surface area contributed by atoms with E-state index in [-0.39, 0.29) is 25.9 Å². The Kier molecular flexibility index (Phi) is 5.24. The molecule has 2 unspecified atom stereocenters. The minimum Gasteiger partial charge on any atom is -0.480 e. The number of carbonyl (C=O) groups is 2. The highest BCUT2D eigenvalue weighted by Gasteiger charge is 2.37. The molecule has 110 valence electrons. The lowest BCUT2D eigenvalue weighted by atomic mass is 10.1. The molecule has 1 aliphatic rings. The fourth-order valence-corrected chi connectivity index (χ4v) is 2.63. The van der Waals surface area contributed by atoms with E-state index < -0.39 is 33.4 Å². The van der Waals surface area contributed by atoms with Gasteiger partial charge in [0.15, 0.2) is 0 Å². The lowest BCUT2D eigenvalue weighted by molar-refractivity contribution is -0.138. The number of halogens is 1. The van der Waals surface area contributed by atoms with Crippen LogP contribution in [0.5, 0.6) is 0 Å². The van der Waals surface area contributed by atoms with E-state index in [9.17, 15) is 21.9 Å². The number of carboxylic acids is 1. The van der Waals surface area contributed by atoms with Crippen LogP contribution in [0.4, 0.5) is 3.89 Å². The molecule has 1 heterocycles. The van der Waals surface area contributed by atoms with Gasteiger partial charge < -0.3 is 15.7 Å². The second-order valence-electron chi connectivity index (χ2n) is 4.58. The van der Waals surface area contributed by atoms with Gasteiger partial charge in [-0.3, -0.25) is 9.59 Å². The van der Waals surface area contributed by atoms with Crippen LogP contribution in [-0.2, 0) is 19.8 Å². The average Bonchev–Trinajstić information content (AvgIpc) is 2.65. The van der Waals surface area contributed by atoms with Crippen LogP contribution in [0.3, 0.4) is 0 Å². The zero-order valence-electron chi connectivity index (χ0n) is 10.3. The van der Waals surface area contributed by atoms with E-state index in [4.69, 9.17) is 10.8 Å². The van der Waals surface area contributed by atoms with Gasteiger partial charge in [0, 0.05) is 19.5 Å². The van der Waals surface area contributed by atoms with Crippen molar-refractivity contribution in [3.8, 4) is 0 Å². The third kappa shape index (κ3) is 4.75. The largest absolute Gasteiger partial charge is 0.480 e. The van der Waals surface area contributed by atoms with Crippen molar-refractivity contribution in [1.29, 1.82) is 0 Å². The van der Waals surface area contributed by atoms with Crippen LogP contribution in [0.2, 0.25) is 0 Å². The second kappa shape index (κ2) is 6.29. The van der Waals surface area contributed by atoms with Crippen molar-refractivity contribution < 1.29 is 27.0 Å². The molecule has 2 atom stereocenters. The maximum absolute atomic E-state index is 12.7. The molecule has 0 aromatic heterocycles. The first kappa shape index (κ1) is 15.8. The third-order valence-corrected chi connectivity index (χ3v) is 4.20. The summed E-state index contributed by atoms with van der Waals surface area (Å²) >= 11 is 0. The van der Waals surface area contributed by atoms with Gasteiger partial charge in [0.05, 0.1) is 0 Å². The molecule has 0 aromatic carbocycles. The van der Waals surface area contributed by atoms with Crippen molar-refractivity contribution >= 4 is 22.1 Å². The van der Waals surface area contributed by atoms with E-state index in [0.29, 0.717) is 12.8 Å². The average molecular weight is 296 g/mol. The number of rotatable bonds is 7. The summed E-state index contributed by atoms with van der Waals surface area (Å²) in [6.07, 6.45) is 0.964. The summed E-state index contributed by atoms with van der Waals surface area (Å²) in [6.45, 7) is 0.153. The minimum atomic E-state index is -4.68. The summed E-state index contributed by atoms with van der Waals surface area (Å²) in [5.41, 5.74) is 5.31. The van der Waals surface area contributed by atoms with Crippen molar-refractivity contribution in [2.45, 2.75) is 37.0 Å². The molecular weight excluding hydrogens is 279 g/mol. The fourth-order valence-electron chi connectivity index (χ4n) is 1.93. The molecule has 1 saturated heterocycles. The first-order valence-corrected chi connectivity index (χ1v) is 7.36. The van der Waals surface area contributed by atoms with Crippen molar-refractivity contribution in [2.24, 2.45) is 5.73 Å². The topological polar surface area (TPSA) is 118 Å². The Labute approximate surface area is 110 Å². The second-order valence-corrected chi connectivity index (χ2v) is 6.20. The first-order valence-electron chi connectivity index (χ1n) is 5.91. The molecular formula is C10H17FN2O5S. The van der Waals surface area contributed by atoms with E-state index in [0.717, 1.165) is 0 Å². The molecule has 3 N–H and O–H groups in total. The van der Waals surface area contributed by atoms with Crippen LogP contribution >= 0.6 is 0 Å². The Bertz CT molecular complexity index is 453. The number of amides is 1. The highest BCUT2D eigenvalue weighted by Crippen LogP contribution is 2.20. The molecule has 0 spiro atoms. The standard InChI is InChI=1S/C10H17FN2O5S/c11-19(17,18)7-5-9(14)13(6-7)4-2-1-3-8(12)10(15)16/h7-8H,1-6,12H2,(H,15,16). The monoisotopic (exact) mass is 296 g/mol. The first-order chi connectivity index (χ1) is 8.71. The van der Waals surface area contributed by atoms with Crippen LogP contribution in [-0.4, -0.2) is 54.7 Å². The third-order valence-electron chi connectivity index (χ3n) is 3.09. The normalized spacial score (nSPS) is 21.7. The number of nitrogens with zero attached hydrogens (tertiary/aromatic N) is 1. The predicted octanol–water partition coefficient (Wildman–Crippen LogP) is -0.531. The van der Waals surface area contributed by atoms with Crippen molar-refractivity contribution in [3.05, 3.63) is 0 Å². The van der Waals surface area contributed by atoms with E-state index in [1.807, 2.05) is 0 Å². The molecule has 0 aliphatic carbocycles. The fraction of sp³-hybridized carbons (Fsp3) is 0.800. The van der Waals surface area contributed by atoms with E-state index >= 15 is 0 Å². The van der Waals surface area contributed by atoms with Gasteiger partial charge in [0.25, 0.3) is 0 Å². The summed E-state index contributed by atoms with van der Waals surface area (Å²) in [6, 6.07) is -0.937. The van der Waals surface area contributed by atoms with Gasteiger partial charge in [-0.25, -0.2) is 0 Å². The maximum atomic E-state index is 12.7. The van der Waals surface area contributed by atoms with Gasteiger partial charge in [-0.15, -0.1) is 3.89 Å². The van der Waals surface area contributed by atoms with Gasteiger partial charge in [0.2, 0.25) is 5.91 Å². The van der Waals surface area contributed by atoms with E-state index in [1.165, 1.54) is 4.90 Å². The Morgan fingerprint density at radius 1 is 1.53 bits per heavy atom. The summed E-state index contributed by atoms with van der Waals surface area (Å²) in [4.78, 5) is 23.2. The van der Waals surface area contributed by atoms with E-state index in [2.05, 4.69) is 0 Å². The van der Waals surface area contributed by atoms with Crippen molar-refractivity contribution in [2.75, 3.05) is 13.1 Å². The van der Waals surface area contributed by atoms with Crippen LogP contribution in [0.1, 0.15) is 25.7 Å². The summed E-state index contributed by atoms with van der Waals surface area (Å²) in [7, 11) is -4.68. The highest BCUT2D eigenvalue weighted by molar-refractivity contribution is 7.87. The summed E-state index contributed by atoms with van der Waals surface area (Å²) < 4.78 is 34.1. The molecule has 0 saturated carbocycles. The predicted molar refractivity (Wildman–Crippen MR) is 64.5 cm³/mol. The van der Waals surface area contributed by atoms with Gasteiger partial charge in [-0.05, 0) is 19.3 Å². The van der Waals surface area contributed by atoms with Crippen LogP contribution < -0.4 is 5.73 Å². The molecule has 1 aliphatic heterocycles. The molecule has 0 aromatic rings. The number of hydrogen-bond acceptors (Lipinski definition) is 5. The molecule has 1 amide bonds. The molecule has 9 heteroatoms. The maximum Gasteiger partial charge on any atom is 0.320 e. The quantitative estimate of drug-likeness (QED) is 0.481. The molecule has 0 radical (unpaired) electrons. The minimum absolute atomic E-state index is 0.136. The Morgan fingerprint density at radius 2 is 2.16 bits per heavy atom. The van der Waals surface area contributed by atoms with Crippen molar-refractivity contribution in [3.63, 3.8) is 0 Å². The number of nitrogens with two attached hydrogens (primary N) is 1. The molecule has 0 bridgehead atoms. The zero-order chi connectivity index (χ0) is 14.6. The van der Waals surface area contributed by atoms with Gasteiger partial charge in [0.1, 0.15) is 11.3 Å². The Morgan fingerprint density at radius 3 is 2.63 bits per heavy atom.